The zero-order valence-electron chi connectivity index (χ0n) is 15.6. The number of benzene rings is 1. The Hall–Kier alpha value is -2.39. The second-order valence-electron chi connectivity index (χ2n) is 6.79. The summed E-state index contributed by atoms with van der Waals surface area (Å²) in [5.74, 6) is 0.575. The van der Waals surface area contributed by atoms with Crippen molar-refractivity contribution in [1.29, 1.82) is 0 Å². The van der Waals surface area contributed by atoms with Crippen LogP contribution in [-0.2, 0) is 14.6 Å². The molecule has 2 heterocycles. The zero-order valence-corrected chi connectivity index (χ0v) is 17.1. The third-order valence-electron chi connectivity index (χ3n) is 4.39. The topological polar surface area (TPSA) is 113 Å². The first-order valence-electron chi connectivity index (χ1n) is 8.93. The molecule has 0 radical (unpaired) electrons. The van der Waals surface area contributed by atoms with E-state index >= 15 is 0 Å². The zero-order chi connectivity index (χ0) is 20.3. The summed E-state index contributed by atoms with van der Waals surface area (Å²) in [6.07, 6.45) is 2.53. The number of piperidine rings is 1. The Morgan fingerprint density at radius 2 is 2.04 bits per heavy atom. The molecule has 1 atom stereocenters. The van der Waals surface area contributed by atoms with Crippen LogP contribution in [0.5, 0.6) is 0 Å². The molecule has 1 unspecified atom stereocenters. The van der Waals surface area contributed by atoms with Crippen LogP contribution in [0.15, 0.2) is 35.4 Å². The van der Waals surface area contributed by atoms with E-state index in [1.807, 2.05) is 0 Å². The Labute approximate surface area is 169 Å². The van der Waals surface area contributed by atoms with Crippen LogP contribution in [0, 0.1) is 0 Å². The molecule has 150 valence electrons. The number of amides is 1. The maximum absolute atomic E-state index is 12.6. The monoisotopic (exact) mass is 423 g/mol. The largest absolute Gasteiger partial charge is 0.356 e. The van der Waals surface area contributed by atoms with Crippen LogP contribution in [0.2, 0.25) is 5.02 Å². The van der Waals surface area contributed by atoms with Gasteiger partial charge in [0, 0.05) is 19.0 Å². The maximum atomic E-state index is 12.6. The highest BCUT2D eigenvalue weighted by Gasteiger charge is 2.23. The third-order valence-corrected chi connectivity index (χ3v) is 6.88. The van der Waals surface area contributed by atoms with Crippen LogP contribution in [-0.4, -0.2) is 42.1 Å². The number of hydrogen-bond donors (Lipinski definition) is 3. The molecule has 3 N–H and O–H groups in total. The smallest absolute Gasteiger partial charge is 0.224 e. The van der Waals surface area contributed by atoms with Crippen molar-refractivity contribution in [1.82, 2.24) is 15.3 Å². The minimum absolute atomic E-state index is 0.0242. The molecule has 0 bridgehead atoms. The van der Waals surface area contributed by atoms with Crippen molar-refractivity contribution in [2.24, 2.45) is 0 Å². The second-order valence-corrected chi connectivity index (χ2v) is 9.67. The van der Waals surface area contributed by atoms with E-state index in [1.54, 1.807) is 38.1 Å². The number of anilines is 3. The highest BCUT2D eigenvalue weighted by molar-refractivity contribution is 7.92. The highest BCUT2D eigenvalue weighted by Crippen LogP contribution is 2.30. The molecule has 1 aromatic carbocycles. The summed E-state index contributed by atoms with van der Waals surface area (Å²) in [4.78, 5) is 20.2. The molecular weight excluding hydrogens is 402 g/mol. The van der Waals surface area contributed by atoms with E-state index in [2.05, 4.69) is 25.9 Å². The van der Waals surface area contributed by atoms with Gasteiger partial charge in [0.1, 0.15) is 5.02 Å². The number of rotatable bonds is 6. The molecular formula is C18H22ClN5O3S. The molecule has 2 aromatic rings. The van der Waals surface area contributed by atoms with Gasteiger partial charge in [-0.25, -0.2) is 13.4 Å². The molecule has 28 heavy (non-hydrogen) atoms. The van der Waals surface area contributed by atoms with E-state index in [4.69, 9.17) is 11.6 Å². The lowest BCUT2D eigenvalue weighted by molar-refractivity contribution is -0.122. The van der Waals surface area contributed by atoms with Crippen molar-refractivity contribution in [2.45, 2.75) is 42.9 Å². The maximum Gasteiger partial charge on any atom is 0.224 e. The summed E-state index contributed by atoms with van der Waals surface area (Å²) < 4.78 is 25.3. The Balaban J connectivity index is 1.86. The number of carbonyl (C=O) groups is 1. The number of sulfone groups is 1. The molecule has 8 nitrogen and oxygen atoms in total. The van der Waals surface area contributed by atoms with E-state index in [0.717, 1.165) is 6.42 Å². The van der Waals surface area contributed by atoms with Crippen molar-refractivity contribution in [3.05, 3.63) is 35.5 Å². The van der Waals surface area contributed by atoms with Crippen LogP contribution in [0.25, 0.3) is 0 Å². The minimum Gasteiger partial charge on any atom is -0.356 e. The molecule has 1 saturated heterocycles. The van der Waals surface area contributed by atoms with E-state index in [1.165, 1.54) is 6.20 Å². The first-order chi connectivity index (χ1) is 13.3. The van der Waals surface area contributed by atoms with Gasteiger partial charge < -0.3 is 16.0 Å². The van der Waals surface area contributed by atoms with Gasteiger partial charge in [0.25, 0.3) is 0 Å². The van der Waals surface area contributed by atoms with Crippen LogP contribution in [0.4, 0.5) is 17.5 Å². The summed E-state index contributed by atoms with van der Waals surface area (Å²) in [6, 6.07) is 6.54. The summed E-state index contributed by atoms with van der Waals surface area (Å²) in [5.41, 5.74) is 0.389. The highest BCUT2D eigenvalue weighted by atomic mass is 35.5. The van der Waals surface area contributed by atoms with E-state index in [9.17, 15) is 13.2 Å². The van der Waals surface area contributed by atoms with Gasteiger partial charge in [-0.1, -0.05) is 23.7 Å². The summed E-state index contributed by atoms with van der Waals surface area (Å²) in [6.45, 7) is 3.86. The molecule has 1 aromatic heterocycles. The van der Waals surface area contributed by atoms with Crippen molar-refractivity contribution in [3.8, 4) is 0 Å². The number of carbonyl (C=O) groups excluding carboxylic acids is 1. The van der Waals surface area contributed by atoms with Gasteiger partial charge in [0.15, 0.2) is 15.7 Å². The number of aromatic nitrogens is 2. The minimum atomic E-state index is -3.49. The molecule has 1 amide bonds. The van der Waals surface area contributed by atoms with Gasteiger partial charge in [0.05, 0.1) is 22.0 Å². The van der Waals surface area contributed by atoms with Crippen LogP contribution in [0.3, 0.4) is 0 Å². The molecule has 0 spiro atoms. The average molecular weight is 424 g/mol. The predicted octanol–water partition coefficient (Wildman–Crippen LogP) is 2.75. The van der Waals surface area contributed by atoms with Gasteiger partial charge in [-0.3, -0.25) is 4.79 Å². The Morgan fingerprint density at radius 3 is 2.75 bits per heavy atom. The fraction of sp³-hybridized carbons (Fsp3) is 0.389. The van der Waals surface area contributed by atoms with Crippen LogP contribution >= 0.6 is 11.6 Å². The summed E-state index contributed by atoms with van der Waals surface area (Å²) in [7, 11) is -3.49. The fourth-order valence-corrected chi connectivity index (χ4v) is 4.15. The number of para-hydroxylation sites is 1. The van der Waals surface area contributed by atoms with Gasteiger partial charge in [-0.15, -0.1) is 0 Å². The lowest BCUT2D eigenvalue weighted by atomic mass is 10.1. The molecule has 0 aliphatic carbocycles. The van der Waals surface area contributed by atoms with Crippen molar-refractivity contribution < 1.29 is 13.2 Å². The Bertz CT molecular complexity index is 981. The van der Waals surface area contributed by atoms with Crippen LogP contribution in [0.1, 0.15) is 26.7 Å². The third kappa shape index (κ3) is 4.53. The molecule has 3 rings (SSSR count). The SMILES string of the molecule is CC(C)S(=O)(=O)c1ccccc1Nc1nc(NC2CCNC(=O)C2)ncc1Cl. The fourth-order valence-electron chi connectivity index (χ4n) is 2.81. The number of hydrogen-bond acceptors (Lipinski definition) is 7. The normalized spacial score (nSPS) is 17.3. The quantitative estimate of drug-likeness (QED) is 0.654. The number of halogens is 1. The lowest BCUT2D eigenvalue weighted by Crippen LogP contribution is -2.40. The van der Waals surface area contributed by atoms with Gasteiger partial charge in [-0.2, -0.15) is 4.98 Å². The molecule has 10 heteroatoms. The van der Waals surface area contributed by atoms with E-state index < -0.39 is 15.1 Å². The predicted molar refractivity (Wildman–Crippen MR) is 109 cm³/mol. The summed E-state index contributed by atoms with van der Waals surface area (Å²) in [5, 5.41) is 8.59. The van der Waals surface area contributed by atoms with Crippen molar-refractivity contribution >= 4 is 44.8 Å². The van der Waals surface area contributed by atoms with Gasteiger partial charge in [0.2, 0.25) is 11.9 Å². The Kier molecular flexibility index (Phi) is 6.04. The average Bonchev–Trinajstić information content (AvgIpc) is 2.65. The molecule has 1 aliphatic rings. The summed E-state index contributed by atoms with van der Waals surface area (Å²) >= 11 is 6.21. The number of nitrogens with one attached hydrogen (secondary N) is 3. The first kappa shape index (κ1) is 20.3. The molecule has 1 aliphatic heterocycles. The first-order valence-corrected chi connectivity index (χ1v) is 10.9. The number of nitrogens with zero attached hydrogens (tertiary/aromatic N) is 2. The van der Waals surface area contributed by atoms with Crippen molar-refractivity contribution in [2.75, 3.05) is 17.2 Å². The van der Waals surface area contributed by atoms with Gasteiger partial charge in [-0.05, 0) is 32.4 Å². The van der Waals surface area contributed by atoms with Gasteiger partial charge >= 0.3 is 0 Å². The van der Waals surface area contributed by atoms with Crippen molar-refractivity contribution in [3.63, 3.8) is 0 Å². The molecule has 1 fully saturated rings. The lowest BCUT2D eigenvalue weighted by Gasteiger charge is -2.23. The molecule has 0 saturated carbocycles. The van der Waals surface area contributed by atoms with E-state index in [-0.39, 0.29) is 27.7 Å². The standard InChI is InChI=1S/C18H22ClN5O3S/c1-11(2)28(26,27)15-6-4-3-5-14(15)23-17-13(19)10-21-18(24-17)22-12-7-8-20-16(25)9-12/h3-6,10-12H,7-9H2,1-2H3,(H,20,25)(H2,21,22,23,24). The van der Waals surface area contributed by atoms with Crippen LogP contribution < -0.4 is 16.0 Å². The Morgan fingerprint density at radius 1 is 1.29 bits per heavy atom. The van der Waals surface area contributed by atoms with E-state index in [0.29, 0.717) is 24.6 Å². The second kappa shape index (κ2) is 8.32.